The van der Waals surface area contributed by atoms with Gasteiger partial charge in [0, 0.05) is 0 Å². The molecule has 0 aromatic heterocycles. The number of hydrogen-bond acceptors (Lipinski definition) is 1. The first-order valence-corrected chi connectivity index (χ1v) is 10.1. The molecule has 0 N–H and O–H groups in total. The molecule has 0 radical (unpaired) electrons. The molecule has 0 saturated carbocycles. The van der Waals surface area contributed by atoms with Crippen molar-refractivity contribution < 1.29 is 3.07 Å². The first-order valence-electron chi connectivity index (χ1n) is 5.43. The Balaban J connectivity index is 2.18. The Labute approximate surface area is 112 Å². The molecule has 3 heteroatoms. The van der Waals surface area contributed by atoms with Crippen molar-refractivity contribution in [3.8, 4) is 0 Å². The first kappa shape index (κ1) is 11.5. The van der Waals surface area contributed by atoms with Crippen LogP contribution in [0.4, 0.5) is 0 Å². The van der Waals surface area contributed by atoms with E-state index in [4.69, 9.17) is 12.0 Å². The summed E-state index contributed by atoms with van der Waals surface area (Å²) >= 11 is -1.95. The molecule has 1 atom stereocenters. The van der Waals surface area contributed by atoms with E-state index in [1.807, 2.05) is 24.3 Å². The van der Waals surface area contributed by atoms with Crippen LogP contribution in [0.5, 0.6) is 0 Å². The van der Waals surface area contributed by atoms with Crippen LogP contribution < -0.4 is 0 Å². The zero-order valence-corrected chi connectivity index (χ0v) is 12.3. The van der Waals surface area contributed by atoms with Crippen LogP contribution in [0.1, 0.15) is 18.1 Å². The molecule has 1 unspecified atom stereocenters. The van der Waals surface area contributed by atoms with E-state index >= 15 is 0 Å². The van der Waals surface area contributed by atoms with Crippen LogP contribution >= 0.6 is 28.0 Å². The summed E-state index contributed by atoms with van der Waals surface area (Å²) in [5.74, 6) is 0. The van der Waals surface area contributed by atoms with E-state index in [1.54, 1.807) is 0 Å². The van der Waals surface area contributed by atoms with Gasteiger partial charge in [0.2, 0.25) is 0 Å². The zero-order valence-electron chi connectivity index (χ0n) is 9.36. The summed E-state index contributed by atoms with van der Waals surface area (Å²) in [6.45, 7) is 2.11. The SMILES string of the molecule is CC1(c2ccccc2)OI(Cl)c2ccccc21. The predicted octanol–water partition coefficient (Wildman–Crippen LogP) is 4.73. The van der Waals surface area contributed by atoms with Crippen molar-refractivity contribution in [1.29, 1.82) is 0 Å². The topological polar surface area (TPSA) is 9.23 Å². The van der Waals surface area contributed by atoms with E-state index in [-0.39, 0.29) is 5.60 Å². The molecule has 0 fully saturated rings. The van der Waals surface area contributed by atoms with Gasteiger partial charge in [0.15, 0.2) is 0 Å². The first-order chi connectivity index (χ1) is 8.22. The quantitative estimate of drug-likeness (QED) is 0.670. The maximum atomic E-state index is 6.41. The molecule has 0 amide bonds. The van der Waals surface area contributed by atoms with Gasteiger partial charge in [-0.15, -0.1) is 0 Å². The van der Waals surface area contributed by atoms with Gasteiger partial charge in [0.05, 0.1) is 0 Å². The van der Waals surface area contributed by atoms with Gasteiger partial charge in [-0.3, -0.25) is 0 Å². The van der Waals surface area contributed by atoms with E-state index in [0.717, 1.165) is 0 Å². The fourth-order valence-corrected chi connectivity index (χ4v) is 6.91. The molecule has 1 aliphatic heterocycles. The fourth-order valence-electron chi connectivity index (χ4n) is 2.15. The molecule has 0 aliphatic carbocycles. The summed E-state index contributed by atoms with van der Waals surface area (Å²) in [4.78, 5) is 0. The predicted molar refractivity (Wildman–Crippen MR) is 79.0 cm³/mol. The van der Waals surface area contributed by atoms with Gasteiger partial charge in [-0.2, -0.15) is 0 Å². The van der Waals surface area contributed by atoms with Crippen LogP contribution in [-0.2, 0) is 8.67 Å². The Morgan fingerprint density at radius 3 is 2.41 bits per heavy atom. The summed E-state index contributed by atoms with van der Waals surface area (Å²) < 4.78 is 7.35. The molecular formula is C14H12ClIO. The van der Waals surface area contributed by atoms with E-state index in [2.05, 4.69) is 37.3 Å². The molecule has 2 aromatic carbocycles. The minimum absolute atomic E-state index is 0.371. The van der Waals surface area contributed by atoms with E-state index in [9.17, 15) is 0 Å². The van der Waals surface area contributed by atoms with Gasteiger partial charge in [0.25, 0.3) is 0 Å². The number of rotatable bonds is 1. The second kappa shape index (κ2) is 4.26. The normalized spacial score (nSPS) is 24.7. The fraction of sp³-hybridized carbons (Fsp3) is 0.143. The third kappa shape index (κ3) is 1.79. The Morgan fingerprint density at radius 1 is 1.00 bits per heavy atom. The minimum atomic E-state index is -1.95. The van der Waals surface area contributed by atoms with E-state index in [0.29, 0.717) is 0 Å². The van der Waals surface area contributed by atoms with Crippen molar-refractivity contribution in [2.45, 2.75) is 12.5 Å². The third-order valence-corrected chi connectivity index (χ3v) is 7.64. The molecule has 1 heterocycles. The van der Waals surface area contributed by atoms with Gasteiger partial charge in [-0.05, 0) is 0 Å². The standard InChI is InChI=1S/C14H12ClIO/c1-14(11-7-3-2-4-8-11)12-9-5-6-10-13(12)16(15)17-14/h2-10H,1H3. The Kier molecular flexibility index (Phi) is 2.89. The van der Waals surface area contributed by atoms with Crippen molar-refractivity contribution >= 4 is 28.0 Å². The molecule has 0 bridgehead atoms. The second-order valence-electron chi connectivity index (χ2n) is 4.16. The van der Waals surface area contributed by atoms with Gasteiger partial charge in [-0.25, -0.2) is 0 Å². The average Bonchev–Trinajstić information content (AvgIpc) is 2.65. The molecular weight excluding hydrogens is 347 g/mol. The van der Waals surface area contributed by atoms with Crippen molar-refractivity contribution in [3.63, 3.8) is 0 Å². The van der Waals surface area contributed by atoms with Crippen molar-refractivity contribution in [2.24, 2.45) is 0 Å². The van der Waals surface area contributed by atoms with Gasteiger partial charge in [-0.1, -0.05) is 0 Å². The molecule has 88 valence electrons. The number of fused-ring (bicyclic) bond motifs is 1. The Morgan fingerprint density at radius 2 is 1.65 bits per heavy atom. The maximum absolute atomic E-state index is 6.41. The zero-order chi connectivity index (χ0) is 11.9. The molecule has 0 saturated heterocycles. The van der Waals surface area contributed by atoms with Crippen LogP contribution in [0.25, 0.3) is 0 Å². The van der Waals surface area contributed by atoms with Crippen LogP contribution in [0.15, 0.2) is 54.6 Å². The number of hydrogen-bond donors (Lipinski definition) is 0. The molecule has 3 rings (SSSR count). The Hall–Kier alpha value is -0.580. The van der Waals surface area contributed by atoms with Crippen molar-refractivity contribution in [2.75, 3.05) is 0 Å². The van der Waals surface area contributed by atoms with Crippen LogP contribution in [-0.4, -0.2) is 0 Å². The molecule has 1 aliphatic rings. The molecule has 0 spiro atoms. The summed E-state index contributed by atoms with van der Waals surface area (Å²) in [5.41, 5.74) is 2.03. The third-order valence-electron chi connectivity index (χ3n) is 3.09. The van der Waals surface area contributed by atoms with Gasteiger partial charge in [0.1, 0.15) is 0 Å². The summed E-state index contributed by atoms with van der Waals surface area (Å²) in [6.07, 6.45) is 0. The monoisotopic (exact) mass is 358 g/mol. The van der Waals surface area contributed by atoms with Crippen LogP contribution in [0.3, 0.4) is 0 Å². The molecule has 1 nitrogen and oxygen atoms in total. The Bertz CT molecular complexity index is 543. The van der Waals surface area contributed by atoms with Crippen LogP contribution in [0, 0.1) is 3.57 Å². The molecule has 17 heavy (non-hydrogen) atoms. The van der Waals surface area contributed by atoms with Crippen LogP contribution in [0.2, 0.25) is 0 Å². The van der Waals surface area contributed by atoms with E-state index in [1.165, 1.54) is 14.7 Å². The van der Waals surface area contributed by atoms with Crippen molar-refractivity contribution in [3.05, 3.63) is 69.3 Å². The summed E-state index contributed by atoms with van der Waals surface area (Å²) in [6, 6.07) is 18.6. The van der Waals surface area contributed by atoms with Gasteiger partial charge >= 0.3 is 113 Å². The average molecular weight is 359 g/mol. The van der Waals surface area contributed by atoms with Gasteiger partial charge < -0.3 is 0 Å². The van der Waals surface area contributed by atoms with E-state index < -0.39 is 19.1 Å². The molecule has 2 aromatic rings. The van der Waals surface area contributed by atoms with Crippen molar-refractivity contribution in [1.82, 2.24) is 0 Å². The number of halogens is 2. The second-order valence-corrected chi connectivity index (χ2v) is 8.69. The summed E-state index contributed by atoms with van der Waals surface area (Å²) in [5, 5.41) is 0. The summed E-state index contributed by atoms with van der Waals surface area (Å²) in [7, 11) is 6.41. The number of benzene rings is 2.